The van der Waals surface area contributed by atoms with Crippen LogP contribution in [0.5, 0.6) is 0 Å². The van der Waals surface area contributed by atoms with Gasteiger partial charge in [0.05, 0.1) is 12.4 Å². The molecule has 0 fully saturated rings. The molecule has 0 radical (unpaired) electrons. The van der Waals surface area contributed by atoms with Gasteiger partial charge in [-0.25, -0.2) is 0 Å². The van der Waals surface area contributed by atoms with Gasteiger partial charge in [0.25, 0.3) is 0 Å². The molecule has 1 rings (SSSR count). The lowest BCUT2D eigenvalue weighted by atomic mass is 10.4. The molecule has 0 heterocycles. The summed E-state index contributed by atoms with van der Waals surface area (Å²) in [4.78, 5) is 0. The molecule has 0 amide bonds. The highest BCUT2D eigenvalue weighted by molar-refractivity contribution is 4.99. The van der Waals surface area contributed by atoms with Crippen molar-refractivity contribution in [3.8, 4) is 0 Å². The second kappa shape index (κ2) is 3.54. The number of hydrogen-bond donors (Lipinski definition) is 0. The van der Waals surface area contributed by atoms with Gasteiger partial charge >= 0.3 is 0 Å². The van der Waals surface area contributed by atoms with E-state index in [0.717, 1.165) is 13.0 Å². The van der Waals surface area contributed by atoms with Gasteiger partial charge < -0.3 is 4.74 Å². The van der Waals surface area contributed by atoms with Crippen LogP contribution in [0, 0.1) is 0 Å². The summed E-state index contributed by atoms with van der Waals surface area (Å²) in [5, 5.41) is 0. The molecular formula is C8H14O. The summed E-state index contributed by atoms with van der Waals surface area (Å²) in [5.74, 6) is 1.22. The van der Waals surface area contributed by atoms with E-state index in [-0.39, 0.29) is 0 Å². The van der Waals surface area contributed by atoms with Gasteiger partial charge in [0.2, 0.25) is 0 Å². The molecule has 0 spiro atoms. The number of allylic oxidation sites excluding steroid dienone is 2. The van der Waals surface area contributed by atoms with Crippen LogP contribution in [0.1, 0.15) is 32.6 Å². The molecule has 1 aliphatic carbocycles. The van der Waals surface area contributed by atoms with Crippen LogP contribution in [0.4, 0.5) is 0 Å². The van der Waals surface area contributed by atoms with E-state index in [1.165, 1.54) is 25.0 Å². The first-order valence-electron chi connectivity index (χ1n) is 3.75. The van der Waals surface area contributed by atoms with Gasteiger partial charge in [0.1, 0.15) is 0 Å². The molecule has 0 saturated heterocycles. The van der Waals surface area contributed by atoms with Crippen LogP contribution >= 0.6 is 0 Å². The molecule has 9 heavy (non-hydrogen) atoms. The van der Waals surface area contributed by atoms with Crippen molar-refractivity contribution in [2.24, 2.45) is 0 Å². The van der Waals surface area contributed by atoms with Gasteiger partial charge in [0.15, 0.2) is 0 Å². The number of ether oxygens (including phenoxy) is 1. The summed E-state index contributed by atoms with van der Waals surface area (Å²) in [6.45, 7) is 3.03. The van der Waals surface area contributed by atoms with Crippen molar-refractivity contribution < 1.29 is 4.74 Å². The molecule has 0 saturated carbocycles. The topological polar surface area (TPSA) is 9.23 Å². The first-order chi connectivity index (χ1) is 4.43. The average Bonchev–Trinajstić information content (AvgIpc) is 2.34. The van der Waals surface area contributed by atoms with E-state index < -0.39 is 0 Å². The maximum atomic E-state index is 5.41. The van der Waals surface area contributed by atoms with E-state index in [1.807, 2.05) is 0 Å². The Bertz CT molecular complexity index is 105. The molecule has 52 valence electrons. The van der Waals surface area contributed by atoms with Gasteiger partial charge in [0, 0.05) is 6.42 Å². The van der Waals surface area contributed by atoms with Gasteiger partial charge in [-0.05, 0) is 25.3 Å². The standard InChI is InChI=1S/C8H14O/c1-2-7-9-8-5-3-4-6-8/h5H,2-4,6-7H2,1H3. The van der Waals surface area contributed by atoms with E-state index in [1.54, 1.807) is 0 Å². The molecule has 1 aliphatic rings. The van der Waals surface area contributed by atoms with Crippen LogP contribution in [-0.2, 0) is 4.74 Å². The molecule has 0 aromatic heterocycles. The lowest BCUT2D eigenvalue weighted by molar-refractivity contribution is 0.206. The smallest absolute Gasteiger partial charge is 0.0920 e. The summed E-state index contributed by atoms with van der Waals surface area (Å²) in [6, 6.07) is 0. The van der Waals surface area contributed by atoms with Crippen molar-refractivity contribution in [3.63, 3.8) is 0 Å². The Morgan fingerprint density at radius 2 is 2.56 bits per heavy atom. The Kier molecular flexibility index (Phi) is 2.62. The van der Waals surface area contributed by atoms with Crippen LogP contribution in [0.25, 0.3) is 0 Å². The predicted octanol–water partition coefficient (Wildman–Crippen LogP) is 2.48. The largest absolute Gasteiger partial charge is 0.498 e. The van der Waals surface area contributed by atoms with Crippen molar-refractivity contribution in [1.29, 1.82) is 0 Å². The third-order valence-corrected chi connectivity index (χ3v) is 1.49. The van der Waals surface area contributed by atoms with Gasteiger partial charge in [-0.3, -0.25) is 0 Å². The molecule has 0 bridgehead atoms. The summed E-state index contributed by atoms with van der Waals surface area (Å²) in [6.07, 6.45) is 7.01. The van der Waals surface area contributed by atoms with E-state index in [2.05, 4.69) is 13.0 Å². The minimum Gasteiger partial charge on any atom is -0.498 e. The van der Waals surface area contributed by atoms with E-state index >= 15 is 0 Å². The third kappa shape index (κ3) is 2.08. The van der Waals surface area contributed by atoms with Gasteiger partial charge in [-0.15, -0.1) is 0 Å². The SMILES string of the molecule is CCCOC1=CCCC1. The molecule has 0 atom stereocenters. The summed E-state index contributed by atoms with van der Waals surface area (Å²) in [5.41, 5.74) is 0. The third-order valence-electron chi connectivity index (χ3n) is 1.49. The van der Waals surface area contributed by atoms with E-state index in [0.29, 0.717) is 0 Å². The Hall–Kier alpha value is -0.460. The molecule has 0 aliphatic heterocycles. The molecule has 0 N–H and O–H groups in total. The minimum atomic E-state index is 0.895. The van der Waals surface area contributed by atoms with Crippen LogP contribution in [-0.4, -0.2) is 6.61 Å². The fourth-order valence-corrected chi connectivity index (χ4v) is 1.01. The first-order valence-corrected chi connectivity index (χ1v) is 3.75. The summed E-state index contributed by atoms with van der Waals surface area (Å²) >= 11 is 0. The summed E-state index contributed by atoms with van der Waals surface area (Å²) in [7, 11) is 0. The lowest BCUT2D eigenvalue weighted by Crippen LogP contribution is -1.89. The molecule has 0 aromatic carbocycles. The highest BCUT2D eigenvalue weighted by Crippen LogP contribution is 2.18. The van der Waals surface area contributed by atoms with Crippen LogP contribution in [0.3, 0.4) is 0 Å². The molecule has 1 heteroatoms. The molecule has 0 aromatic rings. The van der Waals surface area contributed by atoms with E-state index in [4.69, 9.17) is 4.74 Å². The van der Waals surface area contributed by atoms with Gasteiger partial charge in [-0.2, -0.15) is 0 Å². The van der Waals surface area contributed by atoms with Crippen molar-refractivity contribution in [2.45, 2.75) is 32.6 Å². The Balaban J connectivity index is 2.11. The van der Waals surface area contributed by atoms with Crippen LogP contribution < -0.4 is 0 Å². The first kappa shape index (κ1) is 6.66. The second-order valence-corrected chi connectivity index (χ2v) is 2.41. The second-order valence-electron chi connectivity index (χ2n) is 2.41. The lowest BCUT2D eigenvalue weighted by Gasteiger charge is -2.02. The maximum absolute atomic E-state index is 5.41. The van der Waals surface area contributed by atoms with Crippen molar-refractivity contribution in [3.05, 3.63) is 11.8 Å². The zero-order valence-electron chi connectivity index (χ0n) is 6.02. The zero-order chi connectivity index (χ0) is 6.53. The molecule has 1 nitrogen and oxygen atoms in total. The Morgan fingerprint density at radius 3 is 3.11 bits per heavy atom. The fraction of sp³-hybridized carbons (Fsp3) is 0.750. The van der Waals surface area contributed by atoms with E-state index in [9.17, 15) is 0 Å². The average molecular weight is 126 g/mol. The Labute approximate surface area is 56.7 Å². The van der Waals surface area contributed by atoms with Crippen molar-refractivity contribution in [2.75, 3.05) is 6.61 Å². The van der Waals surface area contributed by atoms with Crippen LogP contribution in [0.15, 0.2) is 11.8 Å². The number of hydrogen-bond acceptors (Lipinski definition) is 1. The highest BCUT2D eigenvalue weighted by atomic mass is 16.5. The van der Waals surface area contributed by atoms with Crippen molar-refractivity contribution >= 4 is 0 Å². The normalized spacial score (nSPS) is 17.7. The predicted molar refractivity (Wildman–Crippen MR) is 38.2 cm³/mol. The monoisotopic (exact) mass is 126 g/mol. The minimum absolute atomic E-state index is 0.895. The van der Waals surface area contributed by atoms with Crippen LogP contribution in [0.2, 0.25) is 0 Å². The van der Waals surface area contributed by atoms with Gasteiger partial charge in [-0.1, -0.05) is 6.92 Å². The zero-order valence-corrected chi connectivity index (χ0v) is 6.02. The molecule has 0 unspecified atom stereocenters. The highest BCUT2D eigenvalue weighted by Gasteiger charge is 2.03. The maximum Gasteiger partial charge on any atom is 0.0920 e. The fourth-order valence-electron chi connectivity index (χ4n) is 1.01. The quantitative estimate of drug-likeness (QED) is 0.564. The van der Waals surface area contributed by atoms with Crippen molar-refractivity contribution in [1.82, 2.24) is 0 Å². The Morgan fingerprint density at radius 1 is 1.67 bits per heavy atom. The summed E-state index contributed by atoms with van der Waals surface area (Å²) < 4.78 is 5.41. The molecular weight excluding hydrogens is 112 g/mol. The number of rotatable bonds is 3.